The van der Waals surface area contributed by atoms with Gasteiger partial charge in [0.25, 0.3) is 5.91 Å². The molecule has 2 aliphatic heterocycles. The van der Waals surface area contributed by atoms with E-state index in [9.17, 15) is 9.59 Å². The van der Waals surface area contributed by atoms with E-state index in [0.29, 0.717) is 29.1 Å². The lowest BCUT2D eigenvalue weighted by molar-refractivity contribution is -0.119. The lowest BCUT2D eigenvalue weighted by Crippen LogP contribution is -2.25. The number of carbonyl (C=O) groups is 2. The summed E-state index contributed by atoms with van der Waals surface area (Å²) in [6.07, 6.45) is 6.16. The van der Waals surface area contributed by atoms with Crippen molar-refractivity contribution in [1.29, 1.82) is 0 Å². The fraction of sp³-hybridized carbons (Fsp3) is 0.357. The van der Waals surface area contributed by atoms with E-state index in [1.165, 1.54) is 0 Å². The van der Waals surface area contributed by atoms with Gasteiger partial charge in [-0.15, -0.1) is 0 Å². The number of aromatic nitrogens is 3. The van der Waals surface area contributed by atoms with Crippen molar-refractivity contribution >= 4 is 41.6 Å². The Labute approximate surface area is 227 Å². The second-order valence-electron chi connectivity index (χ2n) is 9.63. The Morgan fingerprint density at radius 3 is 2.05 bits per heavy atom. The molecule has 2 aromatic carbocycles. The van der Waals surface area contributed by atoms with Gasteiger partial charge in [0.05, 0.1) is 11.8 Å². The highest BCUT2D eigenvalue weighted by atomic mass is 16.5. The van der Waals surface area contributed by atoms with Gasteiger partial charge in [-0.05, 0) is 62.4 Å². The summed E-state index contributed by atoms with van der Waals surface area (Å²) in [4.78, 5) is 42.7. The van der Waals surface area contributed by atoms with Crippen LogP contribution in [0.2, 0.25) is 0 Å². The van der Waals surface area contributed by atoms with Crippen molar-refractivity contribution in [2.75, 3.05) is 53.3 Å². The number of nitrogens with one attached hydrogen (secondary N) is 2. The molecule has 3 aromatic rings. The zero-order valence-electron chi connectivity index (χ0n) is 22.0. The van der Waals surface area contributed by atoms with E-state index in [0.717, 1.165) is 63.0 Å². The maximum Gasteiger partial charge on any atom is 0.338 e. The molecule has 0 atom stereocenters. The van der Waals surface area contributed by atoms with Gasteiger partial charge in [-0.2, -0.15) is 20.1 Å². The topological polar surface area (TPSA) is 125 Å². The average Bonchev–Trinajstić information content (AvgIpc) is 3.69. The lowest BCUT2D eigenvalue weighted by atomic mass is 10.1. The molecule has 0 unspecified atom stereocenters. The summed E-state index contributed by atoms with van der Waals surface area (Å²) in [5.74, 6) is 0.773. The van der Waals surface area contributed by atoms with Gasteiger partial charge in [-0.1, -0.05) is 29.8 Å². The molecule has 0 saturated carbocycles. The van der Waals surface area contributed by atoms with Crippen LogP contribution in [0.15, 0.2) is 53.6 Å². The predicted molar refractivity (Wildman–Crippen MR) is 150 cm³/mol. The summed E-state index contributed by atoms with van der Waals surface area (Å²) < 4.78 is 5.14. The smallest absolute Gasteiger partial charge is 0.338 e. The molecule has 1 amide bonds. The molecule has 11 nitrogen and oxygen atoms in total. The number of ether oxygens (including phenoxy) is 1. The van der Waals surface area contributed by atoms with Crippen molar-refractivity contribution < 1.29 is 14.3 Å². The van der Waals surface area contributed by atoms with Crippen molar-refractivity contribution in [3.8, 4) is 0 Å². The number of aryl methyl sites for hydroxylation is 1. The summed E-state index contributed by atoms with van der Waals surface area (Å²) in [5.41, 5.74) is 5.78. The van der Waals surface area contributed by atoms with Crippen LogP contribution in [-0.2, 0) is 9.53 Å². The van der Waals surface area contributed by atoms with Crippen molar-refractivity contribution in [1.82, 2.24) is 15.0 Å². The number of esters is 1. The van der Waals surface area contributed by atoms with Crippen LogP contribution < -0.4 is 20.5 Å². The number of amides is 1. The first kappa shape index (κ1) is 26.1. The van der Waals surface area contributed by atoms with Crippen LogP contribution in [0.25, 0.3) is 0 Å². The molecule has 202 valence electrons. The maximum atomic E-state index is 12.4. The summed E-state index contributed by atoms with van der Waals surface area (Å²) in [7, 11) is 0. The molecule has 39 heavy (non-hydrogen) atoms. The Morgan fingerprint density at radius 2 is 1.46 bits per heavy atom. The number of rotatable bonds is 9. The van der Waals surface area contributed by atoms with Crippen molar-refractivity contribution in [2.45, 2.75) is 32.6 Å². The summed E-state index contributed by atoms with van der Waals surface area (Å²) in [6, 6.07) is 14.1. The zero-order chi connectivity index (χ0) is 27.0. The molecule has 0 spiro atoms. The van der Waals surface area contributed by atoms with Gasteiger partial charge < -0.3 is 19.9 Å². The van der Waals surface area contributed by atoms with Crippen LogP contribution in [0.4, 0.5) is 23.5 Å². The fourth-order valence-electron chi connectivity index (χ4n) is 4.44. The van der Waals surface area contributed by atoms with Crippen LogP contribution in [0.5, 0.6) is 0 Å². The third-order valence-electron chi connectivity index (χ3n) is 6.58. The molecule has 1 aromatic heterocycles. The van der Waals surface area contributed by atoms with Gasteiger partial charge in [0.1, 0.15) is 0 Å². The molecule has 0 bridgehead atoms. The third kappa shape index (κ3) is 7.07. The normalized spacial score (nSPS) is 15.1. The van der Waals surface area contributed by atoms with E-state index in [4.69, 9.17) is 9.72 Å². The maximum absolute atomic E-state index is 12.4. The Hall–Kier alpha value is -4.54. The zero-order valence-corrected chi connectivity index (χ0v) is 22.0. The van der Waals surface area contributed by atoms with Gasteiger partial charge in [-0.3, -0.25) is 4.79 Å². The Morgan fingerprint density at radius 1 is 0.872 bits per heavy atom. The average molecular weight is 529 g/mol. The molecule has 3 heterocycles. The van der Waals surface area contributed by atoms with Crippen LogP contribution >= 0.6 is 0 Å². The first-order valence-corrected chi connectivity index (χ1v) is 13.2. The van der Waals surface area contributed by atoms with E-state index in [1.54, 1.807) is 42.6 Å². The monoisotopic (exact) mass is 528 g/mol. The number of nitrogens with zero attached hydrogens (tertiary/aromatic N) is 6. The number of hydrazone groups is 1. The van der Waals surface area contributed by atoms with Gasteiger partial charge in [0, 0.05) is 31.9 Å². The molecular weight excluding hydrogens is 496 g/mol. The minimum atomic E-state index is -0.579. The first-order valence-electron chi connectivity index (χ1n) is 13.2. The lowest BCUT2D eigenvalue weighted by Gasteiger charge is -2.20. The molecule has 2 fully saturated rings. The van der Waals surface area contributed by atoms with Crippen molar-refractivity contribution in [2.24, 2.45) is 5.10 Å². The molecule has 2 aliphatic rings. The van der Waals surface area contributed by atoms with E-state index < -0.39 is 11.9 Å². The summed E-state index contributed by atoms with van der Waals surface area (Å²) in [6.45, 7) is 5.37. The molecule has 5 rings (SSSR count). The van der Waals surface area contributed by atoms with Gasteiger partial charge >= 0.3 is 5.97 Å². The molecule has 2 N–H and O–H groups in total. The summed E-state index contributed by atoms with van der Waals surface area (Å²) in [5, 5.41) is 6.99. The minimum Gasteiger partial charge on any atom is -0.452 e. The molecule has 2 saturated heterocycles. The quantitative estimate of drug-likeness (QED) is 0.243. The highest BCUT2D eigenvalue weighted by molar-refractivity contribution is 5.95. The van der Waals surface area contributed by atoms with Crippen molar-refractivity contribution in [3.05, 3.63) is 65.2 Å². The van der Waals surface area contributed by atoms with Crippen LogP contribution in [0.1, 0.15) is 47.2 Å². The molecule has 0 radical (unpaired) electrons. The number of hydrogen-bond donors (Lipinski definition) is 2. The number of hydrogen-bond acceptors (Lipinski definition) is 10. The highest BCUT2D eigenvalue weighted by Gasteiger charge is 2.21. The standard InChI is InChI=1S/C28H32N8O3/c1-20-6-12-23(13-7-20)30-24(37)19-39-25(38)22-10-8-21(9-11-22)18-29-34-26-31-27(35-14-2-3-15-35)33-28(32-26)36-16-4-5-17-36/h6-13,18H,2-5,14-17,19H2,1H3,(H,30,37)(H,31,32,33,34)/b29-18+. The molecule has 11 heteroatoms. The third-order valence-corrected chi connectivity index (χ3v) is 6.58. The number of carbonyl (C=O) groups excluding carboxylic acids is 2. The molecule has 0 aliphatic carbocycles. The summed E-state index contributed by atoms with van der Waals surface area (Å²) >= 11 is 0. The Bertz CT molecular complexity index is 1280. The van der Waals surface area contributed by atoms with Gasteiger partial charge in [-0.25, -0.2) is 10.2 Å². The fourth-order valence-corrected chi connectivity index (χ4v) is 4.44. The van der Waals surface area contributed by atoms with E-state index in [1.807, 2.05) is 19.1 Å². The predicted octanol–water partition coefficient (Wildman–Crippen LogP) is 3.62. The Balaban J connectivity index is 1.15. The van der Waals surface area contributed by atoms with E-state index in [2.05, 4.69) is 35.6 Å². The Kier molecular flexibility index (Phi) is 8.25. The van der Waals surface area contributed by atoms with Gasteiger partial charge in [0.15, 0.2) is 6.61 Å². The van der Waals surface area contributed by atoms with Crippen LogP contribution in [0.3, 0.4) is 0 Å². The van der Waals surface area contributed by atoms with Crippen LogP contribution in [-0.4, -0.2) is 65.8 Å². The SMILES string of the molecule is Cc1ccc(NC(=O)COC(=O)c2ccc(/C=N/Nc3nc(N4CCCC4)nc(N4CCCC4)n3)cc2)cc1. The molecular formula is C28H32N8O3. The van der Waals surface area contributed by atoms with Gasteiger partial charge in [0.2, 0.25) is 17.8 Å². The van der Waals surface area contributed by atoms with Crippen LogP contribution in [0, 0.1) is 6.92 Å². The van der Waals surface area contributed by atoms with Crippen molar-refractivity contribution in [3.63, 3.8) is 0 Å². The first-order chi connectivity index (χ1) is 19.0. The van der Waals surface area contributed by atoms with E-state index >= 15 is 0 Å². The second-order valence-corrected chi connectivity index (χ2v) is 9.63. The second kappa shape index (κ2) is 12.3. The number of benzene rings is 2. The largest absolute Gasteiger partial charge is 0.452 e. The highest BCUT2D eigenvalue weighted by Crippen LogP contribution is 2.22. The van der Waals surface area contributed by atoms with E-state index in [-0.39, 0.29) is 6.61 Å². The number of anilines is 4. The minimum absolute atomic E-state index is 0.339.